The summed E-state index contributed by atoms with van der Waals surface area (Å²) in [4.78, 5) is 11.6. The number of carbonyl (C=O) groups is 1. The molecule has 106 valence electrons. The molecule has 0 aliphatic heterocycles. The molecule has 1 unspecified atom stereocenters. The SMILES string of the molecule is CCCCC(OCc1cccc(OC)c1)C(=O)OC. The van der Waals surface area contributed by atoms with Gasteiger partial charge in [0.1, 0.15) is 5.75 Å². The predicted octanol–water partition coefficient (Wildman–Crippen LogP) is 2.94. The molecule has 4 nitrogen and oxygen atoms in total. The van der Waals surface area contributed by atoms with Gasteiger partial charge in [-0.05, 0) is 24.1 Å². The third kappa shape index (κ3) is 5.30. The van der Waals surface area contributed by atoms with Crippen LogP contribution in [0.2, 0.25) is 0 Å². The molecule has 0 aromatic heterocycles. The standard InChI is InChI=1S/C15H22O4/c1-4-5-9-14(15(16)18-3)19-11-12-7-6-8-13(10-12)17-2/h6-8,10,14H,4-5,9,11H2,1-3H3. The molecular formula is C15H22O4. The molecule has 0 amide bonds. The van der Waals surface area contributed by atoms with Crippen molar-refractivity contribution in [2.75, 3.05) is 14.2 Å². The number of hydrogen-bond acceptors (Lipinski definition) is 4. The summed E-state index contributed by atoms with van der Waals surface area (Å²) in [5.41, 5.74) is 0.977. The highest BCUT2D eigenvalue weighted by Gasteiger charge is 2.19. The largest absolute Gasteiger partial charge is 0.497 e. The summed E-state index contributed by atoms with van der Waals surface area (Å²) in [5, 5.41) is 0. The van der Waals surface area contributed by atoms with Crippen LogP contribution in [0.25, 0.3) is 0 Å². The fourth-order valence-electron chi connectivity index (χ4n) is 1.75. The Hall–Kier alpha value is -1.55. The third-order valence-corrected chi connectivity index (χ3v) is 2.87. The Kier molecular flexibility index (Phi) is 6.97. The van der Waals surface area contributed by atoms with Crippen LogP contribution in [0.15, 0.2) is 24.3 Å². The average molecular weight is 266 g/mol. The predicted molar refractivity (Wildman–Crippen MR) is 73.1 cm³/mol. The van der Waals surface area contributed by atoms with Gasteiger partial charge in [-0.2, -0.15) is 0 Å². The second-order valence-electron chi connectivity index (χ2n) is 4.32. The van der Waals surface area contributed by atoms with E-state index in [1.807, 2.05) is 24.3 Å². The summed E-state index contributed by atoms with van der Waals surface area (Å²) in [6.07, 6.45) is 2.16. The first-order valence-electron chi connectivity index (χ1n) is 6.53. The minimum atomic E-state index is -0.490. The molecule has 0 aliphatic carbocycles. The zero-order chi connectivity index (χ0) is 14.1. The van der Waals surface area contributed by atoms with Crippen LogP contribution < -0.4 is 4.74 Å². The van der Waals surface area contributed by atoms with Crippen molar-refractivity contribution in [3.63, 3.8) is 0 Å². The van der Waals surface area contributed by atoms with Crippen molar-refractivity contribution in [2.24, 2.45) is 0 Å². The molecule has 0 saturated heterocycles. The first-order chi connectivity index (χ1) is 9.21. The van der Waals surface area contributed by atoms with Gasteiger partial charge >= 0.3 is 5.97 Å². The van der Waals surface area contributed by atoms with E-state index in [4.69, 9.17) is 14.2 Å². The Labute approximate surface area is 114 Å². The highest BCUT2D eigenvalue weighted by molar-refractivity contribution is 5.74. The third-order valence-electron chi connectivity index (χ3n) is 2.87. The minimum Gasteiger partial charge on any atom is -0.497 e. The van der Waals surface area contributed by atoms with E-state index in [9.17, 15) is 4.79 Å². The normalized spacial score (nSPS) is 11.9. The number of unbranched alkanes of at least 4 members (excludes halogenated alkanes) is 1. The first-order valence-corrected chi connectivity index (χ1v) is 6.53. The minimum absolute atomic E-state index is 0.309. The van der Waals surface area contributed by atoms with E-state index in [0.29, 0.717) is 13.0 Å². The van der Waals surface area contributed by atoms with Crippen molar-refractivity contribution in [3.8, 4) is 5.75 Å². The highest BCUT2D eigenvalue weighted by atomic mass is 16.6. The van der Waals surface area contributed by atoms with Gasteiger partial charge in [0.25, 0.3) is 0 Å². The maximum atomic E-state index is 11.6. The second-order valence-corrected chi connectivity index (χ2v) is 4.32. The maximum absolute atomic E-state index is 11.6. The van der Waals surface area contributed by atoms with Crippen molar-refractivity contribution < 1.29 is 19.0 Å². The number of carbonyl (C=O) groups excluding carboxylic acids is 1. The lowest BCUT2D eigenvalue weighted by Gasteiger charge is -2.15. The summed E-state index contributed by atoms with van der Waals surface area (Å²) < 4.78 is 15.6. The molecule has 0 fully saturated rings. The molecule has 0 spiro atoms. The van der Waals surface area contributed by atoms with Crippen molar-refractivity contribution >= 4 is 5.97 Å². The van der Waals surface area contributed by atoms with E-state index >= 15 is 0 Å². The van der Waals surface area contributed by atoms with Gasteiger partial charge in [0.2, 0.25) is 0 Å². The quantitative estimate of drug-likeness (QED) is 0.679. The van der Waals surface area contributed by atoms with Crippen LogP contribution in [-0.4, -0.2) is 26.3 Å². The van der Waals surface area contributed by atoms with Crippen molar-refractivity contribution in [1.29, 1.82) is 0 Å². The average Bonchev–Trinajstić information content (AvgIpc) is 2.46. The molecule has 1 rings (SSSR count). The molecule has 4 heteroatoms. The number of benzene rings is 1. The number of rotatable bonds is 8. The molecule has 1 atom stereocenters. The number of methoxy groups -OCH3 is 2. The Morgan fingerprint density at radius 2 is 2.11 bits per heavy atom. The zero-order valence-electron chi connectivity index (χ0n) is 11.8. The van der Waals surface area contributed by atoms with Gasteiger partial charge < -0.3 is 14.2 Å². The summed E-state index contributed by atoms with van der Waals surface area (Å²) in [6, 6.07) is 7.61. The van der Waals surface area contributed by atoms with Crippen LogP contribution in [0.1, 0.15) is 31.7 Å². The molecule has 0 heterocycles. The molecule has 0 aliphatic rings. The molecule has 0 bridgehead atoms. The molecule has 1 aromatic rings. The van der Waals surface area contributed by atoms with Crippen LogP contribution in [0, 0.1) is 0 Å². The monoisotopic (exact) mass is 266 g/mol. The lowest BCUT2D eigenvalue weighted by Crippen LogP contribution is -2.25. The number of ether oxygens (including phenoxy) is 3. The molecular weight excluding hydrogens is 244 g/mol. The van der Waals surface area contributed by atoms with E-state index in [1.54, 1.807) is 7.11 Å². The highest BCUT2D eigenvalue weighted by Crippen LogP contribution is 2.15. The van der Waals surface area contributed by atoms with Crippen molar-refractivity contribution in [3.05, 3.63) is 29.8 Å². The summed E-state index contributed by atoms with van der Waals surface area (Å²) in [7, 11) is 3.01. The summed E-state index contributed by atoms with van der Waals surface area (Å²) in [6.45, 7) is 2.46. The van der Waals surface area contributed by atoms with Crippen molar-refractivity contribution in [2.45, 2.75) is 38.9 Å². The van der Waals surface area contributed by atoms with Crippen LogP contribution in [-0.2, 0) is 20.9 Å². The van der Waals surface area contributed by atoms with E-state index in [-0.39, 0.29) is 5.97 Å². The Morgan fingerprint density at radius 1 is 1.32 bits per heavy atom. The Morgan fingerprint density at radius 3 is 2.74 bits per heavy atom. The fourth-order valence-corrected chi connectivity index (χ4v) is 1.75. The Balaban J connectivity index is 2.56. The molecule has 0 saturated carbocycles. The zero-order valence-corrected chi connectivity index (χ0v) is 11.8. The van der Waals surface area contributed by atoms with Gasteiger partial charge in [0.15, 0.2) is 6.10 Å². The van der Waals surface area contributed by atoms with Crippen LogP contribution in [0.3, 0.4) is 0 Å². The fraction of sp³-hybridized carbons (Fsp3) is 0.533. The second kappa shape index (κ2) is 8.53. The lowest BCUT2D eigenvalue weighted by atomic mass is 10.1. The summed E-state index contributed by atoms with van der Waals surface area (Å²) >= 11 is 0. The van der Waals surface area contributed by atoms with Gasteiger partial charge in [-0.3, -0.25) is 0 Å². The van der Waals surface area contributed by atoms with Gasteiger partial charge in [0, 0.05) is 0 Å². The van der Waals surface area contributed by atoms with Gasteiger partial charge in [-0.15, -0.1) is 0 Å². The molecule has 0 N–H and O–H groups in total. The first kappa shape index (κ1) is 15.5. The van der Waals surface area contributed by atoms with E-state index in [1.165, 1.54) is 7.11 Å². The van der Waals surface area contributed by atoms with E-state index < -0.39 is 6.10 Å². The number of hydrogen-bond donors (Lipinski definition) is 0. The molecule has 1 aromatic carbocycles. The van der Waals surface area contributed by atoms with Crippen LogP contribution in [0.4, 0.5) is 0 Å². The lowest BCUT2D eigenvalue weighted by molar-refractivity contribution is -0.155. The van der Waals surface area contributed by atoms with Gasteiger partial charge in [0.05, 0.1) is 20.8 Å². The maximum Gasteiger partial charge on any atom is 0.334 e. The van der Waals surface area contributed by atoms with Crippen molar-refractivity contribution in [1.82, 2.24) is 0 Å². The van der Waals surface area contributed by atoms with Gasteiger partial charge in [-0.25, -0.2) is 4.79 Å². The molecule has 0 radical (unpaired) electrons. The Bertz CT molecular complexity index is 389. The number of esters is 1. The van der Waals surface area contributed by atoms with E-state index in [2.05, 4.69) is 6.92 Å². The van der Waals surface area contributed by atoms with Crippen LogP contribution >= 0.6 is 0 Å². The topological polar surface area (TPSA) is 44.8 Å². The summed E-state index contributed by atoms with van der Waals surface area (Å²) in [5.74, 6) is 0.473. The molecule has 19 heavy (non-hydrogen) atoms. The smallest absolute Gasteiger partial charge is 0.334 e. The van der Waals surface area contributed by atoms with E-state index in [0.717, 1.165) is 24.2 Å². The van der Waals surface area contributed by atoms with Gasteiger partial charge in [-0.1, -0.05) is 31.9 Å². The van der Waals surface area contributed by atoms with Crippen LogP contribution in [0.5, 0.6) is 5.75 Å².